The van der Waals surface area contributed by atoms with Crippen molar-refractivity contribution in [1.29, 1.82) is 0 Å². The summed E-state index contributed by atoms with van der Waals surface area (Å²) in [4.78, 5) is 9.52. The molecule has 0 saturated carbocycles. The third-order valence-corrected chi connectivity index (χ3v) is 7.19. The molecule has 1 fully saturated rings. The third-order valence-electron chi connectivity index (χ3n) is 5.92. The SMILES string of the molecule is Cn1cc(-c2cccc(-c3ncc(-c4cnn(C)c4)c(N[C@H]4CCN(S(C)(=O)=O)C4)n3)c2)cn1. The minimum atomic E-state index is -3.23. The number of benzene rings is 1. The van der Waals surface area contributed by atoms with Gasteiger partial charge in [-0.2, -0.15) is 10.2 Å². The Bertz CT molecular complexity index is 1440. The maximum atomic E-state index is 12.0. The number of anilines is 1. The van der Waals surface area contributed by atoms with Gasteiger partial charge in [0.25, 0.3) is 0 Å². The van der Waals surface area contributed by atoms with Crippen molar-refractivity contribution < 1.29 is 8.42 Å². The van der Waals surface area contributed by atoms with Gasteiger partial charge in [0.1, 0.15) is 5.82 Å². The minimum Gasteiger partial charge on any atom is -0.365 e. The van der Waals surface area contributed by atoms with Crippen molar-refractivity contribution in [1.82, 2.24) is 33.8 Å². The number of nitrogens with one attached hydrogen (secondary N) is 1. The maximum absolute atomic E-state index is 12.0. The van der Waals surface area contributed by atoms with E-state index >= 15 is 0 Å². The summed E-state index contributed by atoms with van der Waals surface area (Å²) in [6, 6.07) is 7.98. The molecule has 176 valence electrons. The molecule has 0 amide bonds. The van der Waals surface area contributed by atoms with Crippen LogP contribution in [0.2, 0.25) is 0 Å². The molecule has 1 aliphatic rings. The Morgan fingerprint density at radius 2 is 1.68 bits per heavy atom. The first-order valence-electron chi connectivity index (χ1n) is 10.9. The van der Waals surface area contributed by atoms with Crippen molar-refractivity contribution >= 4 is 15.8 Å². The fourth-order valence-electron chi connectivity index (χ4n) is 4.15. The summed E-state index contributed by atoms with van der Waals surface area (Å²) < 4.78 is 28.9. The molecule has 0 spiro atoms. The molecule has 1 N–H and O–H groups in total. The van der Waals surface area contributed by atoms with Crippen LogP contribution in [0.4, 0.5) is 5.82 Å². The second-order valence-electron chi connectivity index (χ2n) is 8.59. The van der Waals surface area contributed by atoms with Crippen molar-refractivity contribution in [3.8, 4) is 33.6 Å². The van der Waals surface area contributed by atoms with Crippen LogP contribution < -0.4 is 5.32 Å². The maximum Gasteiger partial charge on any atom is 0.211 e. The van der Waals surface area contributed by atoms with E-state index in [1.165, 1.54) is 10.6 Å². The summed E-state index contributed by atoms with van der Waals surface area (Å²) in [6.07, 6.45) is 11.2. The molecule has 1 saturated heterocycles. The summed E-state index contributed by atoms with van der Waals surface area (Å²) in [5.41, 5.74) is 4.63. The zero-order valence-corrected chi connectivity index (χ0v) is 20.1. The van der Waals surface area contributed by atoms with E-state index in [-0.39, 0.29) is 6.04 Å². The van der Waals surface area contributed by atoms with E-state index in [9.17, 15) is 8.42 Å². The average molecular weight is 479 g/mol. The number of aromatic nitrogens is 6. The van der Waals surface area contributed by atoms with Gasteiger partial charge in [0.05, 0.1) is 18.6 Å². The van der Waals surface area contributed by atoms with Gasteiger partial charge in [-0.15, -0.1) is 0 Å². The first-order chi connectivity index (χ1) is 16.3. The monoisotopic (exact) mass is 478 g/mol. The van der Waals surface area contributed by atoms with Gasteiger partial charge in [-0.25, -0.2) is 22.7 Å². The van der Waals surface area contributed by atoms with E-state index in [0.29, 0.717) is 31.2 Å². The van der Waals surface area contributed by atoms with Crippen LogP contribution in [-0.2, 0) is 24.1 Å². The van der Waals surface area contributed by atoms with E-state index < -0.39 is 10.0 Å². The highest BCUT2D eigenvalue weighted by Crippen LogP contribution is 2.31. The lowest BCUT2D eigenvalue weighted by Gasteiger charge is -2.17. The summed E-state index contributed by atoms with van der Waals surface area (Å²) in [5, 5.41) is 12.0. The fourth-order valence-corrected chi connectivity index (χ4v) is 5.04. The first kappa shape index (κ1) is 22.2. The predicted octanol–water partition coefficient (Wildman–Crippen LogP) is 2.39. The molecule has 34 heavy (non-hydrogen) atoms. The molecule has 1 aliphatic heterocycles. The van der Waals surface area contributed by atoms with E-state index in [4.69, 9.17) is 4.98 Å². The van der Waals surface area contributed by atoms with Crippen LogP contribution >= 0.6 is 0 Å². The van der Waals surface area contributed by atoms with Crippen molar-refractivity contribution in [2.45, 2.75) is 12.5 Å². The lowest BCUT2D eigenvalue weighted by molar-refractivity contribution is 0.480. The van der Waals surface area contributed by atoms with Crippen LogP contribution in [0, 0.1) is 0 Å². The topological polar surface area (TPSA) is 111 Å². The number of aryl methyl sites for hydroxylation is 2. The zero-order chi connectivity index (χ0) is 23.9. The van der Waals surface area contributed by atoms with Crippen molar-refractivity contribution in [3.63, 3.8) is 0 Å². The molecular weight excluding hydrogens is 452 g/mol. The molecule has 0 unspecified atom stereocenters. The Balaban J connectivity index is 1.50. The van der Waals surface area contributed by atoms with Crippen LogP contribution in [0.15, 0.2) is 55.2 Å². The summed E-state index contributed by atoms with van der Waals surface area (Å²) >= 11 is 0. The highest BCUT2D eigenvalue weighted by molar-refractivity contribution is 7.88. The quantitative estimate of drug-likeness (QED) is 0.453. The number of rotatable bonds is 6. The summed E-state index contributed by atoms with van der Waals surface area (Å²) in [6.45, 7) is 0.894. The Hall–Kier alpha value is -3.57. The standard InChI is InChI=1S/C23H26N8O2S/c1-29-13-18(10-25-29)16-5-4-6-17(9-16)22-24-12-21(19-11-26-30(2)14-19)23(28-22)27-20-7-8-31(15-20)34(3,32)33/h4-6,9-14,20H,7-8,15H2,1-3H3,(H,24,27,28)/t20-/m0/s1. The molecule has 5 rings (SSSR count). The molecule has 0 bridgehead atoms. The summed E-state index contributed by atoms with van der Waals surface area (Å²) in [7, 11) is 0.519. The normalized spacial score (nSPS) is 16.7. The van der Waals surface area contributed by atoms with Crippen molar-refractivity contribution in [2.75, 3.05) is 24.7 Å². The van der Waals surface area contributed by atoms with Gasteiger partial charge in [-0.3, -0.25) is 9.36 Å². The minimum absolute atomic E-state index is 0.0466. The second kappa shape index (κ2) is 8.65. The van der Waals surface area contributed by atoms with Gasteiger partial charge >= 0.3 is 0 Å². The molecule has 0 radical (unpaired) electrons. The van der Waals surface area contributed by atoms with Crippen LogP contribution in [0.1, 0.15) is 6.42 Å². The van der Waals surface area contributed by atoms with E-state index in [2.05, 4.69) is 20.5 Å². The Kier molecular flexibility index (Phi) is 5.66. The fraction of sp³-hybridized carbons (Fsp3) is 0.304. The van der Waals surface area contributed by atoms with Crippen molar-refractivity contribution in [2.24, 2.45) is 14.1 Å². The van der Waals surface area contributed by atoms with Gasteiger partial charge in [0, 0.05) is 74.1 Å². The van der Waals surface area contributed by atoms with Crippen LogP contribution in [-0.4, -0.2) is 67.6 Å². The van der Waals surface area contributed by atoms with Crippen LogP contribution in [0.5, 0.6) is 0 Å². The lowest BCUT2D eigenvalue weighted by Crippen LogP contribution is -2.31. The highest BCUT2D eigenvalue weighted by atomic mass is 32.2. The largest absolute Gasteiger partial charge is 0.365 e. The first-order valence-corrected chi connectivity index (χ1v) is 12.8. The summed E-state index contributed by atoms with van der Waals surface area (Å²) in [5.74, 6) is 1.24. The third kappa shape index (κ3) is 4.57. The van der Waals surface area contributed by atoms with Crippen molar-refractivity contribution in [3.05, 3.63) is 55.2 Å². The van der Waals surface area contributed by atoms with Crippen LogP contribution in [0.3, 0.4) is 0 Å². The van der Waals surface area contributed by atoms with Gasteiger partial charge in [0.15, 0.2) is 5.82 Å². The van der Waals surface area contributed by atoms with E-state index in [1.807, 2.05) is 57.0 Å². The van der Waals surface area contributed by atoms with Gasteiger partial charge < -0.3 is 5.32 Å². The zero-order valence-electron chi connectivity index (χ0n) is 19.3. The Morgan fingerprint density at radius 3 is 2.32 bits per heavy atom. The molecular formula is C23H26N8O2S. The van der Waals surface area contributed by atoms with Gasteiger partial charge in [-0.1, -0.05) is 18.2 Å². The predicted molar refractivity (Wildman–Crippen MR) is 130 cm³/mol. The van der Waals surface area contributed by atoms with E-state index in [0.717, 1.165) is 27.8 Å². The molecule has 1 atom stereocenters. The number of hydrogen-bond donors (Lipinski definition) is 1. The molecule has 3 aromatic heterocycles. The lowest BCUT2D eigenvalue weighted by atomic mass is 10.1. The smallest absolute Gasteiger partial charge is 0.211 e. The second-order valence-corrected chi connectivity index (χ2v) is 10.6. The van der Waals surface area contributed by atoms with E-state index in [1.54, 1.807) is 21.8 Å². The Labute approximate surface area is 198 Å². The van der Waals surface area contributed by atoms with Crippen LogP contribution in [0.25, 0.3) is 33.6 Å². The number of nitrogens with zero attached hydrogens (tertiary/aromatic N) is 7. The molecule has 10 nitrogen and oxygen atoms in total. The molecule has 1 aromatic carbocycles. The molecule has 0 aliphatic carbocycles. The number of sulfonamides is 1. The Morgan fingerprint density at radius 1 is 0.971 bits per heavy atom. The average Bonchev–Trinajstić information content (AvgIpc) is 3.55. The van der Waals surface area contributed by atoms with Gasteiger partial charge in [0.2, 0.25) is 10.0 Å². The highest BCUT2D eigenvalue weighted by Gasteiger charge is 2.29. The molecule has 4 heterocycles. The molecule has 11 heteroatoms. The van der Waals surface area contributed by atoms with Gasteiger partial charge in [-0.05, 0) is 18.1 Å². The number of hydrogen-bond acceptors (Lipinski definition) is 7. The molecule has 4 aromatic rings.